The van der Waals surface area contributed by atoms with Crippen molar-refractivity contribution in [1.29, 1.82) is 0 Å². The van der Waals surface area contributed by atoms with E-state index in [2.05, 4.69) is 0 Å². The summed E-state index contributed by atoms with van der Waals surface area (Å²) in [6.45, 7) is 5.06. The van der Waals surface area contributed by atoms with E-state index in [1.165, 1.54) is 7.11 Å². The minimum Gasteiger partial charge on any atom is -0.481 e. The third kappa shape index (κ3) is 3.71. The Hall–Kier alpha value is -2.04. The first kappa shape index (κ1) is 15.0. The zero-order chi connectivity index (χ0) is 14.6. The first-order valence-corrected chi connectivity index (χ1v) is 5.91. The average Bonchev–Trinajstić information content (AvgIpc) is 2.34. The van der Waals surface area contributed by atoms with Crippen LogP contribution >= 0.6 is 0 Å². The molecule has 0 atom stereocenters. The van der Waals surface area contributed by atoms with Crippen LogP contribution in [0.3, 0.4) is 0 Å². The standard InChI is InChI=1S/C14H18O5/c1-8(7-12(15)16)5-6-11-9(2)13(17)10(3)14(18-4)19-11/h5H,6-7H2,1-4H3,(H,15,16). The molecule has 0 saturated heterocycles. The molecule has 0 saturated carbocycles. The van der Waals surface area contributed by atoms with Crippen LogP contribution in [0.25, 0.3) is 0 Å². The van der Waals surface area contributed by atoms with E-state index in [1.807, 2.05) is 0 Å². The van der Waals surface area contributed by atoms with Crippen molar-refractivity contribution in [3.8, 4) is 5.95 Å². The van der Waals surface area contributed by atoms with E-state index >= 15 is 0 Å². The van der Waals surface area contributed by atoms with Crippen LogP contribution in [0.1, 0.15) is 30.2 Å². The van der Waals surface area contributed by atoms with Crippen molar-refractivity contribution in [3.05, 3.63) is 38.8 Å². The predicted molar refractivity (Wildman–Crippen MR) is 70.7 cm³/mol. The van der Waals surface area contributed by atoms with Gasteiger partial charge >= 0.3 is 5.97 Å². The summed E-state index contributed by atoms with van der Waals surface area (Å²) in [4.78, 5) is 22.5. The molecule has 5 nitrogen and oxygen atoms in total. The van der Waals surface area contributed by atoms with Gasteiger partial charge < -0.3 is 14.3 Å². The molecule has 1 aromatic rings. The lowest BCUT2D eigenvalue weighted by molar-refractivity contribution is -0.136. The van der Waals surface area contributed by atoms with Gasteiger partial charge in [0.15, 0.2) is 5.43 Å². The first-order chi connectivity index (χ1) is 8.86. The maximum Gasteiger partial charge on any atom is 0.307 e. The van der Waals surface area contributed by atoms with E-state index in [-0.39, 0.29) is 17.8 Å². The van der Waals surface area contributed by atoms with Crippen molar-refractivity contribution >= 4 is 5.97 Å². The van der Waals surface area contributed by atoms with E-state index in [4.69, 9.17) is 14.3 Å². The van der Waals surface area contributed by atoms with Crippen molar-refractivity contribution in [3.63, 3.8) is 0 Å². The third-order valence-electron chi connectivity index (χ3n) is 2.87. The van der Waals surface area contributed by atoms with Gasteiger partial charge in [0.1, 0.15) is 5.76 Å². The zero-order valence-corrected chi connectivity index (χ0v) is 11.6. The Kier molecular flexibility index (Phi) is 4.92. The Morgan fingerprint density at radius 2 is 2.00 bits per heavy atom. The molecule has 1 rings (SSSR count). The smallest absolute Gasteiger partial charge is 0.307 e. The van der Waals surface area contributed by atoms with Gasteiger partial charge in [-0.15, -0.1) is 0 Å². The number of rotatable bonds is 5. The molecule has 19 heavy (non-hydrogen) atoms. The van der Waals surface area contributed by atoms with Crippen LogP contribution in [0.2, 0.25) is 0 Å². The van der Waals surface area contributed by atoms with Crippen molar-refractivity contribution in [1.82, 2.24) is 0 Å². The summed E-state index contributed by atoms with van der Waals surface area (Å²) in [5.41, 5.74) is 1.57. The summed E-state index contributed by atoms with van der Waals surface area (Å²) < 4.78 is 10.5. The largest absolute Gasteiger partial charge is 0.481 e. The highest BCUT2D eigenvalue weighted by atomic mass is 16.6. The van der Waals surface area contributed by atoms with Gasteiger partial charge in [-0.05, 0) is 20.8 Å². The number of hydrogen-bond acceptors (Lipinski definition) is 4. The van der Waals surface area contributed by atoms with Crippen LogP contribution in [0, 0.1) is 13.8 Å². The summed E-state index contributed by atoms with van der Waals surface area (Å²) in [7, 11) is 1.44. The van der Waals surface area contributed by atoms with Gasteiger partial charge in [0.05, 0.1) is 19.1 Å². The number of carboxylic acids is 1. The molecule has 0 aliphatic heterocycles. The van der Waals surface area contributed by atoms with Gasteiger partial charge in [-0.2, -0.15) is 0 Å². The van der Waals surface area contributed by atoms with Crippen LogP contribution in [0.4, 0.5) is 0 Å². The molecule has 0 amide bonds. The molecule has 5 heteroatoms. The molecular formula is C14H18O5. The van der Waals surface area contributed by atoms with Crippen molar-refractivity contribution in [2.75, 3.05) is 7.11 Å². The third-order valence-corrected chi connectivity index (χ3v) is 2.87. The molecule has 0 unspecified atom stereocenters. The molecule has 104 valence electrons. The van der Waals surface area contributed by atoms with Gasteiger partial charge in [-0.25, -0.2) is 0 Å². The van der Waals surface area contributed by atoms with Crippen molar-refractivity contribution in [2.24, 2.45) is 0 Å². The number of aliphatic carboxylic acids is 1. The maximum absolute atomic E-state index is 11.9. The van der Waals surface area contributed by atoms with Gasteiger partial charge in [-0.1, -0.05) is 11.6 Å². The topological polar surface area (TPSA) is 76.7 Å². The van der Waals surface area contributed by atoms with Crippen molar-refractivity contribution in [2.45, 2.75) is 33.6 Å². The van der Waals surface area contributed by atoms with E-state index in [9.17, 15) is 9.59 Å². The molecular weight excluding hydrogens is 248 g/mol. The van der Waals surface area contributed by atoms with Crippen LogP contribution in [-0.2, 0) is 11.2 Å². The Morgan fingerprint density at radius 3 is 2.53 bits per heavy atom. The first-order valence-electron chi connectivity index (χ1n) is 5.91. The van der Waals surface area contributed by atoms with Gasteiger partial charge in [0.2, 0.25) is 0 Å². The highest BCUT2D eigenvalue weighted by Crippen LogP contribution is 2.19. The Bertz CT molecular complexity index is 566. The fourth-order valence-electron chi connectivity index (χ4n) is 1.73. The van der Waals surface area contributed by atoms with E-state index in [1.54, 1.807) is 26.8 Å². The molecule has 0 spiro atoms. The Morgan fingerprint density at radius 1 is 1.37 bits per heavy atom. The van der Waals surface area contributed by atoms with Crippen molar-refractivity contribution < 1.29 is 19.1 Å². The minimum absolute atomic E-state index is 0.0216. The second kappa shape index (κ2) is 6.22. The number of methoxy groups -OCH3 is 1. The number of ether oxygens (including phenoxy) is 1. The normalized spacial score (nSPS) is 11.5. The summed E-state index contributed by atoms with van der Waals surface area (Å²) in [5.74, 6) is -0.180. The van der Waals surface area contributed by atoms with Crippen LogP contribution < -0.4 is 10.2 Å². The van der Waals surface area contributed by atoms with Gasteiger partial charge in [0, 0.05) is 12.0 Å². The van der Waals surface area contributed by atoms with Crippen LogP contribution in [0.5, 0.6) is 5.95 Å². The molecule has 1 heterocycles. The van der Waals surface area contributed by atoms with Gasteiger partial charge in [-0.3, -0.25) is 9.59 Å². The molecule has 0 aliphatic rings. The molecule has 1 N–H and O–H groups in total. The van der Waals surface area contributed by atoms with E-state index in [0.29, 0.717) is 28.9 Å². The predicted octanol–water partition coefficient (Wildman–Crippen LogP) is 2.23. The van der Waals surface area contributed by atoms with Gasteiger partial charge in [0.25, 0.3) is 5.95 Å². The monoisotopic (exact) mass is 266 g/mol. The Balaban J connectivity index is 3.06. The number of carbonyl (C=O) groups is 1. The van der Waals surface area contributed by atoms with Crippen LogP contribution in [0.15, 0.2) is 20.9 Å². The quantitative estimate of drug-likeness (QED) is 0.827. The van der Waals surface area contributed by atoms with Crippen LogP contribution in [-0.4, -0.2) is 18.2 Å². The Labute approximate surface area is 111 Å². The lowest BCUT2D eigenvalue weighted by Gasteiger charge is -2.08. The molecule has 1 aromatic heterocycles. The number of hydrogen-bond donors (Lipinski definition) is 1. The fourth-order valence-corrected chi connectivity index (χ4v) is 1.73. The lowest BCUT2D eigenvalue weighted by atomic mass is 10.1. The molecule has 0 fully saturated rings. The lowest BCUT2D eigenvalue weighted by Crippen LogP contribution is -2.13. The molecule has 0 aromatic carbocycles. The highest BCUT2D eigenvalue weighted by molar-refractivity contribution is 5.69. The van der Waals surface area contributed by atoms with E-state index < -0.39 is 5.97 Å². The second-order valence-electron chi connectivity index (χ2n) is 4.42. The molecule has 0 bridgehead atoms. The second-order valence-corrected chi connectivity index (χ2v) is 4.42. The minimum atomic E-state index is -0.881. The highest BCUT2D eigenvalue weighted by Gasteiger charge is 2.13. The summed E-state index contributed by atoms with van der Waals surface area (Å²) >= 11 is 0. The SMILES string of the molecule is COc1oc(CC=C(C)CC(=O)O)c(C)c(=O)c1C. The average molecular weight is 266 g/mol. The summed E-state index contributed by atoms with van der Waals surface area (Å²) in [5, 5.41) is 8.66. The summed E-state index contributed by atoms with van der Waals surface area (Å²) in [6, 6.07) is 0. The number of allylic oxidation sites excluding steroid dienone is 1. The van der Waals surface area contributed by atoms with E-state index in [0.717, 1.165) is 0 Å². The zero-order valence-electron chi connectivity index (χ0n) is 11.6. The number of carboxylic acid groups (broad SMARTS) is 1. The fraction of sp³-hybridized carbons (Fsp3) is 0.429. The maximum atomic E-state index is 11.9. The molecule has 0 radical (unpaired) electrons. The summed E-state index contributed by atoms with van der Waals surface area (Å²) in [6.07, 6.45) is 2.09. The molecule has 0 aliphatic carbocycles.